The van der Waals surface area contributed by atoms with Gasteiger partial charge in [0, 0.05) is 10.5 Å². The second-order valence-corrected chi connectivity index (χ2v) is 5.48. The molecule has 0 saturated carbocycles. The summed E-state index contributed by atoms with van der Waals surface area (Å²) in [4.78, 5) is 0. The summed E-state index contributed by atoms with van der Waals surface area (Å²) in [6, 6.07) is 5.36. The second-order valence-electron chi connectivity index (χ2n) is 4.56. The van der Waals surface area contributed by atoms with Gasteiger partial charge in [-0.1, -0.05) is 43.1 Å². The van der Waals surface area contributed by atoms with Crippen molar-refractivity contribution in [2.45, 2.75) is 39.7 Å². The predicted octanol–water partition coefficient (Wildman–Crippen LogP) is 4.68. The average molecular weight is 302 g/mol. The van der Waals surface area contributed by atoms with Crippen molar-refractivity contribution in [2.24, 2.45) is 5.92 Å². The molecule has 0 spiro atoms. The highest BCUT2D eigenvalue weighted by Gasteiger charge is 2.14. The van der Waals surface area contributed by atoms with Crippen LogP contribution in [0.4, 0.5) is 4.39 Å². The van der Waals surface area contributed by atoms with Crippen molar-refractivity contribution < 1.29 is 4.39 Å². The van der Waals surface area contributed by atoms with Gasteiger partial charge in [0.05, 0.1) is 0 Å². The molecule has 0 amide bonds. The summed E-state index contributed by atoms with van der Waals surface area (Å²) < 4.78 is 14.2. The van der Waals surface area contributed by atoms with E-state index >= 15 is 0 Å². The maximum Gasteiger partial charge on any atom is 0.124 e. The fourth-order valence-corrected chi connectivity index (χ4v) is 2.41. The van der Waals surface area contributed by atoms with E-state index in [0.717, 1.165) is 29.4 Å². The van der Waals surface area contributed by atoms with Crippen LogP contribution in [0.1, 0.15) is 45.2 Å². The SMILES string of the molecule is CCNC(CC(C)CC)c1cc(F)cc(Br)c1. The summed E-state index contributed by atoms with van der Waals surface area (Å²) in [7, 11) is 0. The normalized spacial score (nSPS) is 14.6. The van der Waals surface area contributed by atoms with E-state index in [-0.39, 0.29) is 11.9 Å². The molecule has 0 aliphatic rings. The summed E-state index contributed by atoms with van der Waals surface area (Å²) >= 11 is 3.35. The number of rotatable bonds is 6. The van der Waals surface area contributed by atoms with Crippen molar-refractivity contribution in [3.05, 3.63) is 34.1 Å². The van der Waals surface area contributed by atoms with Crippen LogP contribution in [-0.2, 0) is 0 Å². The lowest BCUT2D eigenvalue weighted by atomic mass is 9.94. The molecule has 1 rings (SSSR count). The first-order valence-electron chi connectivity index (χ1n) is 6.26. The van der Waals surface area contributed by atoms with Crippen molar-refractivity contribution in [1.29, 1.82) is 0 Å². The second kappa shape index (κ2) is 7.12. The zero-order chi connectivity index (χ0) is 12.8. The minimum Gasteiger partial charge on any atom is -0.310 e. The van der Waals surface area contributed by atoms with Crippen LogP contribution >= 0.6 is 15.9 Å². The van der Waals surface area contributed by atoms with Gasteiger partial charge < -0.3 is 5.32 Å². The molecule has 1 N–H and O–H groups in total. The summed E-state index contributed by atoms with van der Waals surface area (Å²) in [5, 5.41) is 3.43. The minimum atomic E-state index is -0.179. The Labute approximate surface area is 112 Å². The van der Waals surface area contributed by atoms with Gasteiger partial charge in [0.25, 0.3) is 0 Å². The average Bonchev–Trinajstić information content (AvgIpc) is 2.27. The number of benzene rings is 1. The number of hydrogen-bond donors (Lipinski definition) is 1. The highest BCUT2D eigenvalue weighted by molar-refractivity contribution is 9.10. The summed E-state index contributed by atoms with van der Waals surface area (Å²) in [6.07, 6.45) is 2.19. The summed E-state index contributed by atoms with van der Waals surface area (Å²) in [5.74, 6) is 0.461. The fraction of sp³-hybridized carbons (Fsp3) is 0.571. The quantitative estimate of drug-likeness (QED) is 0.805. The monoisotopic (exact) mass is 301 g/mol. The molecule has 0 heterocycles. The molecular weight excluding hydrogens is 281 g/mol. The molecule has 0 aliphatic carbocycles. The molecule has 0 aliphatic heterocycles. The molecule has 0 bridgehead atoms. The Morgan fingerprint density at radius 2 is 2.00 bits per heavy atom. The van der Waals surface area contributed by atoms with Crippen LogP contribution in [0, 0.1) is 11.7 Å². The molecule has 96 valence electrons. The molecule has 1 aromatic rings. The van der Waals surface area contributed by atoms with E-state index in [9.17, 15) is 4.39 Å². The van der Waals surface area contributed by atoms with Gasteiger partial charge in [0.1, 0.15) is 5.82 Å². The number of halogens is 2. The van der Waals surface area contributed by atoms with Crippen LogP contribution in [0.5, 0.6) is 0 Å². The van der Waals surface area contributed by atoms with E-state index in [1.807, 2.05) is 6.07 Å². The molecule has 3 heteroatoms. The maximum atomic E-state index is 13.4. The molecule has 2 unspecified atom stereocenters. The van der Waals surface area contributed by atoms with E-state index in [1.54, 1.807) is 6.07 Å². The maximum absolute atomic E-state index is 13.4. The summed E-state index contributed by atoms with van der Waals surface area (Å²) in [5.41, 5.74) is 1.03. The third-order valence-corrected chi connectivity index (χ3v) is 3.53. The molecule has 0 aromatic heterocycles. The Morgan fingerprint density at radius 3 is 2.53 bits per heavy atom. The zero-order valence-corrected chi connectivity index (χ0v) is 12.3. The Hall–Kier alpha value is -0.410. The van der Waals surface area contributed by atoms with Crippen LogP contribution < -0.4 is 5.32 Å². The lowest BCUT2D eigenvalue weighted by Gasteiger charge is -2.22. The third-order valence-electron chi connectivity index (χ3n) is 3.07. The van der Waals surface area contributed by atoms with Crippen molar-refractivity contribution in [2.75, 3.05) is 6.54 Å². The standard InChI is InChI=1S/C14H21BrFN/c1-4-10(3)6-14(17-5-2)11-7-12(15)9-13(16)8-11/h7-10,14,17H,4-6H2,1-3H3. The van der Waals surface area contributed by atoms with Gasteiger partial charge in [-0.05, 0) is 42.6 Å². The zero-order valence-electron chi connectivity index (χ0n) is 10.8. The molecule has 0 fully saturated rings. The topological polar surface area (TPSA) is 12.0 Å². The molecule has 2 atom stereocenters. The number of hydrogen-bond acceptors (Lipinski definition) is 1. The fourth-order valence-electron chi connectivity index (χ4n) is 1.93. The van der Waals surface area contributed by atoms with Gasteiger partial charge in [-0.25, -0.2) is 4.39 Å². The Balaban J connectivity index is 2.88. The lowest BCUT2D eigenvalue weighted by Crippen LogP contribution is -2.23. The van der Waals surface area contributed by atoms with E-state index in [4.69, 9.17) is 0 Å². The first-order chi connectivity index (χ1) is 8.06. The third kappa shape index (κ3) is 4.76. The van der Waals surface area contributed by atoms with Gasteiger partial charge in [-0.2, -0.15) is 0 Å². The molecular formula is C14H21BrFN. The molecule has 1 aromatic carbocycles. The van der Waals surface area contributed by atoms with Gasteiger partial charge in [0.15, 0.2) is 0 Å². The first-order valence-corrected chi connectivity index (χ1v) is 7.05. The van der Waals surface area contributed by atoms with Crippen molar-refractivity contribution >= 4 is 15.9 Å². The lowest BCUT2D eigenvalue weighted by molar-refractivity contribution is 0.407. The van der Waals surface area contributed by atoms with Crippen molar-refractivity contribution in [3.8, 4) is 0 Å². The van der Waals surface area contributed by atoms with Crippen LogP contribution in [0.15, 0.2) is 22.7 Å². The Bertz CT molecular complexity index is 334. The van der Waals surface area contributed by atoms with Crippen molar-refractivity contribution in [3.63, 3.8) is 0 Å². The van der Waals surface area contributed by atoms with E-state index in [0.29, 0.717) is 5.92 Å². The Kier molecular flexibility index (Phi) is 6.14. The van der Waals surface area contributed by atoms with Crippen LogP contribution in [0.25, 0.3) is 0 Å². The van der Waals surface area contributed by atoms with Crippen molar-refractivity contribution in [1.82, 2.24) is 5.32 Å². The van der Waals surface area contributed by atoms with Gasteiger partial charge in [-0.15, -0.1) is 0 Å². The van der Waals surface area contributed by atoms with Crippen LogP contribution in [0.3, 0.4) is 0 Å². The Morgan fingerprint density at radius 1 is 1.29 bits per heavy atom. The van der Waals surface area contributed by atoms with Gasteiger partial charge >= 0.3 is 0 Å². The molecule has 17 heavy (non-hydrogen) atoms. The smallest absolute Gasteiger partial charge is 0.124 e. The molecule has 0 radical (unpaired) electrons. The highest BCUT2D eigenvalue weighted by atomic mass is 79.9. The minimum absolute atomic E-state index is 0.179. The summed E-state index contributed by atoms with van der Waals surface area (Å²) in [6.45, 7) is 7.40. The predicted molar refractivity (Wildman–Crippen MR) is 74.6 cm³/mol. The first kappa shape index (κ1) is 14.7. The van der Waals surface area contributed by atoms with Crippen LogP contribution in [-0.4, -0.2) is 6.54 Å². The molecule has 0 saturated heterocycles. The number of nitrogens with one attached hydrogen (secondary N) is 1. The highest BCUT2D eigenvalue weighted by Crippen LogP contribution is 2.26. The van der Waals surface area contributed by atoms with E-state index < -0.39 is 0 Å². The van der Waals surface area contributed by atoms with Crippen LogP contribution in [0.2, 0.25) is 0 Å². The van der Waals surface area contributed by atoms with E-state index in [2.05, 4.69) is 42.0 Å². The van der Waals surface area contributed by atoms with E-state index in [1.165, 1.54) is 6.07 Å². The molecule has 1 nitrogen and oxygen atoms in total. The largest absolute Gasteiger partial charge is 0.310 e. The van der Waals surface area contributed by atoms with Gasteiger partial charge in [-0.3, -0.25) is 0 Å². The van der Waals surface area contributed by atoms with Gasteiger partial charge in [0.2, 0.25) is 0 Å².